The van der Waals surface area contributed by atoms with Crippen LogP contribution in [0.5, 0.6) is 0 Å². The average Bonchev–Trinajstić information content (AvgIpc) is 2.30. The number of halogens is 2. The van der Waals surface area contributed by atoms with E-state index in [1.807, 2.05) is 0 Å². The molecule has 17 heavy (non-hydrogen) atoms. The number of hydrogen-bond donors (Lipinski definition) is 0. The fraction of sp³-hybridized carbons (Fsp3) is 0.375. The summed E-state index contributed by atoms with van der Waals surface area (Å²) >= 11 is 0. The number of aromatic nitrogens is 1. The number of nitrogens with zero attached hydrogens (tertiary/aromatic N) is 4. The van der Waals surface area contributed by atoms with Crippen LogP contribution in [0.4, 0.5) is 8.78 Å². The predicted molar refractivity (Wildman–Crippen MR) is 55.0 cm³/mol. The summed E-state index contributed by atoms with van der Waals surface area (Å²) < 4.78 is 49.8. The lowest BCUT2D eigenvalue weighted by Gasteiger charge is -2.14. The molecular weight excluding hydrogens is 254 g/mol. The van der Waals surface area contributed by atoms with Gasteiger partial charge in [0.1, 0.15) is 0 Å². The van der Waals surface area contributed by atoms with Gasteiger partial charge in [0.2, 0.25) is 0 Å². The minimum atomic E-state index is -4.85. The maximum atomic E-state index is 13.4. The third kappa shape index (κ3) is 2.89. The van der Waals surface area contributed by atoms with E-state index in [1.165, 1.54) is 12.1 Å². The highest BCUT2D eigenvalue weighted by Crippen LogP contribution is 2.30. The van der Waals surface area contributed by atoms with Gasteiger partial charge < -0.3 is 0 Å². The Morgan fingerprint density at radius 1 is 1.47 bits per heavy atom. The second kappa shape index (κ2) is 5.07. The summed E-state index contributed by atoms with van der Waals surface area (Å²) in [5, 5.41) is -1.83. The Labute approximate surface area is 95.8 Å². The van der Waals surface area contributed by atoms with E-state index < -0.39 is 33.1 Å². The molecule has 1 rings (SSSR count). The molecule has 0 aliphatic heterocycles. The zero-order valence-corrected chi connectivity index (χ0v) is 9.31. The van der Waals surface area contributed by atoms with Crippen LogP contribution in [-0.4, -0.2) is 25.2 Å². The molecule has 92 valence electrons. The standard InChI is InChI=1S/C8H8F2N4O2S/c9-8(10,4-6-13-14-11)17(15,16)7-3-1-2-5-12-7/h1-3,5H,4,6H2. The van der Waals surface area contributed by atoms with E-state index in [0.717, 1.165) is 12.3 Å². The second-order valence-corrected chi connectivity index (χ2v) is 5.04. The highest BCUT2D eigenvalue weighted by molar-refractivity contribution is 7.92. The van der Waals surface area contributed by atoms with Crippen LogP contribution >= 0.6 is 0 Å². The largest absolute Gasteiger partial charge is 0.351 e. The minimum Gasteiger partial charge on any atom is -0.245 e. The quantitative estimate of drug-likeness (QED) is 0.462. The van der Waals surface area contributed by atoms with Crippen LogP contribution in [0.15, 0.2) is 34.5 Å². The van der Waals surface area contributed by atoms with Crippen LogP contribution in [0, 0.1) is 0 Å². The molecule has 0 aliphatic carbocycles. The Morgan fingerprint density at radius 3 is 2.71 bits per heavy atom. The van der Waals surface area contributed by atoms with E-state index >= 15 is 0 Å². The topological polar surface area (TPSA) is 95.8 Å². The van der Waals surface area contributed by atoms with E-state index in [4.69, 9.17) is 5.53 Å². The first kappa shape index (κ1) is 13.3. The van der Waals surface area contributed by atoms with E-state index in [-0.39, 0.29) is 0 Å². The Balaban J connectivity index is 3.01. The summed E-state index contributed by atoms with van der Waals surface area (Å²) in [6.45, 7) is -0.602. The van der Waals surface area contributed by atoms with E-state index in [2.05, 4.69) is 15.0 Å². The zero-order chi connectivity index (χ0) is 12.9. The predicted octanol–water partition coefficient (Wildman–Crippen LogP) is 2.15. The molecule has 0 saturated carbocycles. The maximum Gasteiger partial charge on any atom is 0.351 e. The molecule has 9 heteroatoms. The zero-order valence-electron chi connectivity index (χ0n) is 8.49. The molecular formula is C8H8F2N4O2S. The van der Waals surface area contributed by atoms with Crippen LogP contribution in [0.3, 0.4) is 0 Å². The molecule has 1 heterocycles. The molecule has 0 aromatic carbocycles. The Hall–Kier alpha value is -1.73. The summed E-state index contributed by atoms with van der Waals surface area (Å²) in [5.41, 5.74) is 7.93. The van der Waals surface area contributed by atoms with Gasteiger partial charge in [-0.1, -0.05) is 11.2 Å². The number of azide groups is 1. The first-order valence-electron chi connectivity index (χ1n) is 4.46. The van der Waals surface area contributed by atoms with Crippen LogP contribution < -0.4 is 0 Å². The van der Waals surface area contributed by atoms with Gasteiger partial charge in [0.25, 0.3) is 9.84 Å². The number of sulfone groups is 1. The minimum absolute atomic E-state index is 0.602. The smallest absolute Gasteiger partial charge is 0.245 e. The van der Waals surface area contributed by atoms with Crippen LogP contribution in [-0.2, 0) is 9.84 Å². The van der Waals surface area contributed by atoms with Crippen molar-refractivity contribution in [2.24, 2.45) is 5.11 Å². The van der Waals surface area contributed by atoms with Gasteiger partial charge in [-0.05, 0) is 17.7 Å². The molecule has 6 nitrogen and oxygen atoms in total. The lowest BCUT2D eigenvalue weighted by Crippen LogP contribution is -2.30. The highest BCUT2D eigenvalue weighted by atomic mass is 32.2. The molecule has 0 saturated heterocycles. The second-order valence-electron chi connectivity index (χ2n) is 3.01. The Morgan fingerprint density at radius 2 is 2.18 bits per heavy atom. The SMILES string of the molecule is [N-]=[N+]=NCCC(F)(F)S(=O)(=O)c1ccccn1. The summed E-state index contributed by atoms with van der Waals surface area (Å²) in [4.78, 5) is 5.65. The van der Waals surface area contributed by atoms with Crippen molar-refractivity contribution in [2.45, 2.75) is 16.7 Å². The van der Waals surface area contributed by atoms with Gasteiger partial charge in [-0.2, -0.15) is 8.78 Å². The Kier molecular flexibility index (Phi) is 3.97. The molecule has 0 unspecified atom stereocenters. The molecule has 0 spiro atoms. The fourth-order valence-electron chi connectivity index (χ4n) is 1.02. The molecule has 0 atom stereocenters. The maximum absolute atomic E-state index is 13.4. The summed E-state index contributed by atoms with van der Waals surface area (Å²) in [7, 11) is -4.85. The lowest BCUT2D eigenvalue weighted by atomic mass is 10.4. The van der Waals surface area contributed by atoms with Crippen molar-refractivity contribution in [2.75, 3.05) is 6.54 Å². The van der Waals surface area contributed by atoms with Gasteiger partial charge in [0.05, 0.1) is 0 Å². The highest BCUT2D eigenvalue weighted by Gasteiger charge is 2.46. The van der Waals surface area contributed by atoms with Gasteiger partial charge in [-0.3, -0.25) is 0 Å². The monoisotopic (exact) mass is 262 g/mol. The van der Waals surface area contributed by atoms with Gasteiger partial charge in [-0.25, -0.2) is 13.4 Å². The van der Waals surface area contributed by atoms with Gasteiger partial charge >= 0.3 is 5.25 Å². The Bertz CT molecular complexity index is 526. The van der Waals surface area contributed by atoms with Crippen molar-refractivity contribution >= 4 is 9.84 Å². The molecule has 0 radical (unpaired) electrons. The number of hydrogen-bond acceptors (Lipinski definition) is 4. The molecule has 0 N–H and O–H groups in total. The van der Waals surface area contributed by atoms with Crippen molar-refractivity contribution < 1.29 is 17.2 Å². The summed E-state index contributed by atoms with van der Waals surface area (Å²) in [6, 6.07) is 3.69. The van der Waals surface area contributed by atoms with Crippen molar-refractivity contribution in [1.82, 2.24) is 4.98 Å². The third-order valence-corrected chi connectivity index (χ3v) is 3.65. The van der Waals surface area contributed by atoms with Crippen molar-refractivity contribution in [3.05, 3.63) is 34.8 Å². The van der Waals surface area contributed by atoms with Gasteiger partial charge in [0.15, 0.2) is 5.03 Å². The average molecular weight is 262 g/mol. The van der Waals surface area contributed by atoms with Crippen molar-refractivity contribution in [1.29, 1.82) is 0 Å². The van der Waals surface area contributed by atoms with Crippen LogP contribution in [0.1, 0.15) is 6.42 Å². The van der Waals surface area contributed by atoms with Gasteiger partial charge in [-0.15, -0.1) is 0 Å². The van der Waals surface area contributed by atoms with E-state index in [9.17, 15) is 17.2 Å². The van der Waals surface area contributed by atoms with Gasteiger partial charge in [0, 0.05) is 24.1 Å². The van der Waals surface area contributed by atoms with Crippen LogP contribution in [0.2, 0.25) is 0 Å². The van der Waals surface area contributed by atoms with Crippen molar-refractivity contribution in [3.8, 4) is 0 Å². The first-order valence-corrected chi connectivity index (χ1v) is 5.94. The fourth-order valence-corrected chi connectivity index (χ4v) is 2.14. The first-order chi connectivity index (χ1) is 7.92. The normalized spacial score (nSPS) is 11.9. The van der Waals surface area contributed by atoms with Crippen LogP contribution in [0.25, 0.3) is 10.4 Å². The summed E-state index contributed by atoms with van der Waals surface area (Å²) in [5.74, 6) is 0. The third-order valence-electron chi connectivity index (χ3n) is 1.87. The molecule has 0 fully saturated rings. The van der Waals surface area contributed by atoms with Crippen molar-refractivity contribution in [3.63, 3.8) is 0 Å². The molecule has 1 aromatic heterocycles. The van der Waals surface area contributed by atoms with E-state index in [1.54, 1.807) is 0 Å². The molecule has 0 bridgehead atoms. The molecule has 0 aliphatic rings. The molecule has 0 amide bonds. The summed E-state index contributed by atoms with van der Waals surface area (Å²) in [6.07, 6.45) is 0.0341. The van der Waals surface area contributed by atoms with E-state index in [0.29, 0.717) is 0 Å². The number of alkyl halides is 2. The number of rotatable bonds is 5. The lowest BCUT2D eigenvalue weighted by molar-refractivity contribution is 0.0845. The number of pyridine rings is 1. The molecule has 1 aromatic rings.